The highest BCUT2D eigenvalue weighted by Gasteiger charge is 2.21. The monoisotopic (exact) mass is 275 g/mol. The van der Waals surface area contributed by atoms with E-state index in [-0.39, 0.29) is 11.9 Å². The van der Waals surface area contributed by atoms with E-state index in [1.54, 1.807) is 12.0 Å². The fraction of sp³-hybridized carbons (Fsp3) is 0.267. The first-order chi connectivity index (χ1) is 9.15. The number of benzene rings is 1. The number of carbonyl (C=O) groups is 1. The summed E-state index contributed by atoms with van der Waals surface area (Å²) >= 11 is 1.46. The summed E-state index contributed by atoms with van der Waals surface area (Å²) in [5, 5.41) is 1.91. The third-order valence-electron chi connectivity index (χ3n) is 3.22. The summed E-state index contributed by atoms with van der Waals surface area (Å²) < 4.78 is 5.35. The summed E-state index contributed by atoms with van der Waals surface area (Å²) in [5.41, 5.74) is 1.01. The zero-order chi connectivity index (χ0) is 13.8. The molecular weight excluding hydrogens is 258 g/mol. The molecular formula is C15H17NO2S. The third kappa shape index (κ3) is 2.79. The van der Waals surface area contributed by atoms with Gasteiger partial charge in [0.25, 0.3) is 5.91 Å². The number of carbonyl (C=O) groups excluding carboxylic acids is 1. The molecule has 0 saturated carbocycles. The molecule has 1 unspecified atom stereocenters. The van der Waals surface area contributed by atoms with Crippen molar-refractivity contribution >= 4 is 17.2 Å². The van der Waals surface area contributed by atoms with Crippen LogP contribution in [0.3, 0.4) is 0 Å². The van der Waals surface area contributed by atoms with Crippen molar-refractivity contribution < 1.29 is 9.53 Å². The average Bonchev–Trinajstić information content (AvgIpc) is 2.99. The fourth-order valence-corrected chi connectivity index (χ4v) is 2.68. The van der Waals surface area contributed by atoms with Gasteiger partial charge < -0.3 is 9.64 Å². The van der Waals surface area contributed by atoms with Crippen molar-refractivity contribution in [2.24, 2.45) is 0 Å². The van der Waals surface area contributed by atoms with Gasteiger partial charge in [-0.25, -0.2) is 0 Å². The third-order valence-corrected chi connectivity index (χ3v) is 4.08. The maximum atomic E-state index is 12.3. The predicted molar refractivity (Wildman–Crippen MR) is 77.8 cm³/mol. The largest absolute Gasteiger partial charge is 0.496 e. The van der Waals surface area contributed by atoms with Gasteiger partial charge in [0.15, 0.2) is 0 Å². The van der Waals surface area contributed by atoms with Gasteiger partial charge in [-0.05, 0) is 24.4 Å². The van der Waals surface area contributed by atoms with Crippen LogP contribution in [0.15, 0.2) is 41.8 Å². The molecule has 1 amide bonds. The SMILES string of the molecule is COc1ccccc1C(C)N(C)C(=O)c1cccs1. The summed E-state index contributed by atoms with van der Waals surface area (Å²) in [6.45, 7) is 2.00. The molecule has 4 heteroatoms. The molecule has 0 spiro atoms. The number of methoxy groups -OCH3 is 1. The Balaban J connectivity index is 2.23. The lowest BCUT2D eigenvalue weighted by molar-refractivity contribution is 0.0746. The molecule has 0 N–H and O–H groups in total. The minimum Gasteiger partial charge on any atom is -0.496 e. The Morgan fingerprint density at radius 1 is 1.26 bits per heavy atom. The number of thiophene rings is 1. The maximum absolute atomic E-state index is 12.3. The maximum Gasteiger partial charge on any atom is 0.264 e. The smallest absolute Gasteiger partial charge is 0.264 e. The minimum absolute atomic E-state index is 0.0356. The molecule has 0 aliphatic rings. The van der Waals surface area contributed by atoms with Gasteiger partial charge in [-0.15, -0.1) is 11.3 Å². The minimum atomic E-state index is -0.0363. The van der Waals surface area contributed by atoms with Crippen LogP contribution in [0, 0.1) is 0 Å². The number of para-hydroxylation sites is 1. The molecule has 3 nitrogen and oxygen atoms in total. The van der Waals surface area contributed by atoms with Crippen molar-refractivity contribution in [1.29, 1.82) is 0 Å². The highest BCUT2D eigenvalue weighted by atomic mass is 32.1. The van der Waals surface area contributed by atoms with Gasteiger partial charge in [0.1, 0.15) is 5.75 Å². The average molecular weight is 275 g/mol. The van der Waals surface area contributed by atoms with Crippen LogP contribution in [0.1, 0.15) is 28.2 Å². The highest BCUT2D eigenvalue weighted by Crippen LogP contribution is 2.29. The number of ether oxygens (including phenoxy) is 1. The summed E-state index contributed by atoms with van der Waals surface area (Å²) in [7, 11) is 3.46. The first-order valence-electron chi connectivity index (χ1n) is 6.08. The second kappa shape index (κ2) is 5.89. The fourth-order valence-electron chi connectivity index (χ4n) is 1.97. The molecule has 0 radical (unpaired) electrons. The summed E-state index contributed by atoms with van der Waals surface area (Å²) in [5.74, 6) is 0.842. The Kier molecular flexibility index (Phi) is 4.22. The van der Waals surface area contributed by atoms with Crippen LogP contribution in [-0.4, -0.2) is 25.0 Å². The quantitative estimate of drug-likeness (QED) is 0.853. The lowest BCUT2D eigenvalue weighted by atomic mass is 10.1. The van der Waals surface area contributed by atoms with Gasteiger partial charge in [-0.1, -0.05) is 24.3 Å². The molecule has 0 fully saturated rings. The molecule has 100 valence electrons. The summed E-state index contributed by atoms with van der Waals surface area (Å²) in [6, 6.07) is 11.5. The molecule has 0 saturated heterocycles. The molecule has 0 bridgehead atoms. The zero-order valence-electron chi connectivity index (χ0n) is 11.3. The molecule has 0 aliphatic carbocycles. The lowest BCUT2D eigenvalue weighted by Crippen LogP contribution is -2.29. The number of rotatable bonds is 4. The zero-order valence-corrected chi connectivity index (χ0v) is 12.1. The number of hydrogen-bond acceptors (Lipinski definition) is 3. The second-order valence-corrected chi connectivity index (χ2v) is 5.26. The van der Waals surface area contributed by atoms with Gasteiger partial charge in [-0.3, -0.25) is 4.79 Å². The van der Waals surface area contributed by atoms with Gasteiger partial charge in [-0.2, -0.15) is 0 Å². The van der Waals surface area contributed by atoms with E-state index in [1.807, 2.05) is 55.7 Å². The Labute approximate surface area is 117 Å². The molecule has 2 aromatic rings. The van der Waals surface area contributed by atoms with Gasteiger partial charge >= 0.3 is 0 Å². The van der Waals surface area contributed by atoms with Crippen molar-refractivity contribution in [2.75, 3.05) is 14.2 Å². The normalized spacial score (nSPS) is 11.9. The van der Waals surface area contributed by atoms with Crippen molar-refractivity contribution in [3.05, 3.63) is 52.2 Å². The molecule has 1 atom stereocenters. The topological polar surface area (TPSA) is 29.5 Å². The molecule has 2 rings (SSSR count). The van der Waals surface area contributed by atoms with E-state index in [2.05, 4.69) is 0 Å². The molecule has 1 heterocycles. The summed E-state index contributed by atoms with van der Waals surface area (Å²) in [4.78, 5) is 14.8. The first kappa shape index (κ1) is 13.6. The van der Waals surface area contributed by atoms with Crippen LogP contribution in [0.5, 0.6) is 5.75 Å². The van der Waals surface area contributed by atoms with E-state index >= 15 is 0 Å². The number of amides is 1. The Morgan fingerprint density at radius 3 is 2.63 bits per heavy atom. The lowest BCUT2D eigenvalue weighted by Gasteiger charge is -2.26. The molecule has 19 heavy (non-hydrogen) atoms. The van der Waals surface area contributed by atoms with Crippen molar-refractivity contribution in [3.8, 4) is 5.75 Å². The van der Waals surface area contributed by atoms with Gasteiger partial charge in [0, 0.05) is 12.6 Å². The van der Waals surface area contributed by atoms with Gasteiger partial charge in [0.05, 0.1) is 18.0 Å². The number of hydrogen-bond donors (Lipinski definition) is 0. The van der Waals surface area contributed by atoms with Crippen LogP contribution in [0.2, 0.25) is 0 Å². The van der Waals surface area contributed by atoms with E-state index in [0.29, 0.717) is 0 Å². The number of nitrogens with zero attached hydrogens (tertiary/aromatic N) is 1. The highest BCUT2D eigenvalue weighted by molar-refractivity contribution is 7.12. The van der Waals surface area contributed by atoms with Gasteiger partial charge in [0.2, 0.25) is 0 Å². The van der Waals surface area contributed by atoms with Crippen LogP contribution in [-0.2, 0) is 0 Å². The van der Waals surface area contributed by atoms with Crippen LogP contribution in [0.4, 0.5) is 0 Å². The van der Waals surface area contributed by atoms with Crippen LogP contribution < -0.4 is 4.74 Å². The van der Waals surface area contributed by atoms with Crippen LogP contribution in [0.25, 0.3) is 0 Å². The van der Waals surface area contributed by atoms with E-state index in [4.69, 9.17) is 4.74 Å². The van der Waals surface area contributed by atoms with E-state index in [1.165, 1.54) is 11.3 Å². The van der Waals surface area contributed by atoms with Crippen LogP contribution >= 0.6 is 11.3 Å². The standard InChI is InChI=1S/C15H17NO2S/c1-11(12-7-4-5-8-13(12)18-3)16(2)15(17)14-9-6-10-19-14/h4-11H,1-3H3. The first-order valence-corrected chi connectivity index (χ1v) is 6.96. The van der Waals surface area contributed by atoms with Crippen molar-refractivity contribution in [1.82, 2.24) is 4.90 Å². The molecule has 1 aromatic heterocycles. The Bertz CT molecular complexity index is 551. The van der Waals surface area contributed by atoms with E-state index in [9.17, 15) is 4.79 Å². The van der Waals surface area contributed by atoms with E-state index < -0.39 is 0 Å². The Hall–Kier alpha value is -1.81. The van der Waals surface area contributed by atoms with Crippen molar-refractivity contribution in [3.63, 3.8) is 0 Å². The predicted octanol–water partition coefficient (Wildman–Crippen LogP) is 3.59. The molecule has 1 aromatic carbocycles. The Morgan fingerprint density at radius 2 is 2.00 bits per heavy atom. The second-order valence-electron chi connectivity index (χ2n) is 4.31. The van der Waals surface area contributed by atoms with E-state index in [0.717, 1.165) is 16.2 Å². The van der Waals surface area contributed by atoms with Crippen molar-refractivity contribution in [2.45, 2.75) is 13.0 Å². The summed E-state index contributed by atoms with van der Waals surface area (Å²) in [6.07, 6.45) is 0. The molecule has 0 aliphatic heterocycles.